The Labute approximate surface area is 426 Å². The van der Waals surface area contributed by atoms with Gasteiger partial charge in [-0.15, -0.1) is 0 Å². The zero-order valence-electron chi connectivity index (χ0n) is 42.3. The number of aliphatic hydroxyl groups excluding tert-OH is 6. The van der Waals surface area contributed by atoms with E-state index in [2.05, 4.69) is 55.5 Å². The first-order valence-corrected chi connectivity index (χ1v) is 29.0. The van der Waals surface area contributed by atoms with E-state index in [1.54, 1.807) is 0 Å². The minimum Gasteiger partial charge on any atom is -0.462 e. The van der Waals surface area contributed by atoms with Crippen molar-refractivity contribution >= 4 is 33.4 Å². The Morgan fingerprint density at radius 1 is 0.778 bits per heavy atom. The quantitative estimate of drug-likeness (QED) is 0.0189. The van der Waals surface area contributed by atoms with Crippen LogP contribution in [0.4, 0.5) is 0 Å². The smallest absolute Gasteiger partial charge is 0.462 e. The van der Waals surface area contributed by atoms with Gasteiger partial charge in [-0.2, -0.15) is 0 Å². The second-order valence-electron chi connectivity index (χ2n) is 18.6. The van der Waals surface area contributed by atoms with Crippen molar-refractivity contribution in [2.75, 3.05) is 13.2 Å². The molecular formula is C51H86O19P2. The fraction of sp³-hybridized carbons (Fsp3) is 0.745. The van der Waals surface area contributed by atoms with E-state index in [1.165, 1.54) is 6.08 Å². The van der Waals surface area contributed by atoms with E-state index in [0.29, 0.717) is 38.5 Å². The Balaban J connectivity index is 2.24. The molecule has 414 valence electrons. The molecule has 2 rings (SSSR count). The summed E-state index contributed by atoms with van der Waals surface area (Å²) in [6.07, 6.45) is 12.5. The fourth-order valence-corrected chi connectivity index (χ4v) is 9.92. The fourth-order valence-electron chi connectivity index (χ4n) is 8.39. The second kappa shape index (κ2) is 37.1. The van der Waals surface area contributed by atoms with Gasteiger partial charge in [0.05, 0.1) is 31.0 Å². The normalized spacial score (nSPS) is 30.0. The molecule has 0 aromatic rings. The SMILES string of the molecule is CC/C=C\C/C=C\C/C=C\C/C=C\CCCCCCCCC(=O)O[C@@H]1COC(=O)CCCCCC[C@H]2C(=O)C[C@@H](O)[C@H](/C=C/[C@@H](O)CCCCC)[C@@H](O)[C@@H](OP(=O)(O)O)[C@@H](OP(=O)(O)OC1)[C@H](O)[C@@H](O)[C@@H]2O. The monoisotopic (exact) mass is 1060 g/mol. The third kappa shape index (κ3) is 28.3. The van der Waals surface area contributed by atoms with Crippen molar-refractivity contribution in [1.82, 2.24) is 0 Å². The number of aliphatic hydroxyl groups is 6. The first-order chi connectivity index (χ1) is 34.3. The number of hydrogen-bond donors (Lipinski definition) is 9. The number of cyclic esters (lactones) is 1. The highest BCUT2D eigenvalue weighted by Crippen LogP contribution is 2.49. The van der Waals surface area contributed by atoms with Crippen LogP contribution in [0.1, 0.15) is 162 Å². The van der Waals surface area contributed by atoms with E-state index in [-0.39, 0.29) is 32.1 Å². The maximum absolute atomic E-state index is 13.8. The molecule has 1 aliphatic heterocycles. The van der Waals surface area contributed by atoms with Crippen LogP contribution in [-0.2, 0) is 46.6 Å². The van der Waals surface area contributed by atoms with Gasteiger partial charge in [0.15, 0.2) is 6.10 Å². The van der Waals surface area contributed by atoms with E-state index >= 15 is 0 Å². The van der Waals surface area contributed by atoms with Crippen LogP contribution in [0.25, 0.3) is 0 Å². The summed E-state index contributed by atoms with van der Waals surface area (Å²) in [5.74, 6) is -5.52. The van der Waals surface area contributed by atoms with Crippen molar-refractivity contribution < 1.29 is 91.9 Å². The third-order valence-corrected chi connectivity index (χ3v) is 14.0. The number of ether oxygens (including phenoxy) is 2. The largest absolute Gasteiger partial charge is 0.472 e. The summed E-state index contributed by atoms with van der Waals surface area (Å²) in [4.78, 5) is 70.7. The summed E-state index contributed by atoms with van der Waals surface area (Å²) in [6, 6.07) is 0. The molecule has 1 heterocycles. The molecule has 0 aromatic carbocycles. The summed E-state index contributed by atoms with van der Waals surface area (Å²) in [5, 5.41) is 68.4. The van der Waals surface area contributed by atoms with Gasteiger partial charge in [0.1, 0.15) is 36.8 Å². The molecule has 0 spiro atoms. The number of fused-ring (bicyclic) bond motifs is 4. The molecule has 2 aliphatic rings. The molecule has 0 amide bonds. The van der Waals surface area contributed by atoms with Crippen LogP contribution in [-0.4, -0.2) is 131 Å². The minimum absolute atomic E-state index is 0.0474. The maximum Gasteiger partial charge on any atom is 0.472 e. The predicted octanol–water partition coefficient (Wildman–Crippen LogP) is 7.21. The molecular weight excluding hydrogens is 978 g/mol. The van der Waals surface area contributed by atoms with Crippen LogP contribution in [0.5, 0.6) is 0 Å². The van der Waals surface area contributed by atoms with Crippen LogP contribution in [0.3, 0.4) is 0 Å². The zero-order valence-corrected chi connectivity index (χ0v) is 44.1. The number of unbranched alkanes of at least 4 members (excludes halogenated alkanes) is 8. The standard InChI is InChI=1S/C51H86O19P2/c1-3-5-7-8-9-10-11-12-13-14-15-16-17-18-19-20-21-22-28-32-45(56)68-39-36-66-44(55)31-27-24-23-26-30-40-42(53)35-43(54)41(34-33-38(52)29-25-6-4-2)47(58)50(69-71(61,62)63)51(49(60)48(59)46(40)57)70-72(64,65)67-37-39/h5,7,9-10,12-13,15-16,33-34,38-41,43,46-52,54,57-60H,3-4,6,8,11,14,17-32,35-37H2,1-2H3,(H,64,65)(H2,61,62,63)/b7-5-,10-9-,13-12-,16-15-,34-33+/t38-,39+,40-,41-,43+,46+,47+,48-,49+,50+,51-/m0/s1. The Hall–Kier alpha value is -2.71. The van der Waals surface area contributed by atoms with E-state index in [0.717, 1.165) is 76.7 Å². The van der Waals surface area contributed by atoms with E-state index in [1.807, 2.05) is 6.92 Å². The Kier molecular flexibility index (Phi) is 33.7. The van der Waals surface area contributed by atoms with Crippen LogP contribution in [0.15, 0.2) is 60.8 Å². The molecule has 0 radical (unpaired) electrons. The number of allylic oxidation sites excluding steroid dienone is 8. The van der Waals surface area contributed by atoms with Crippen molar-refractivity contribution in [3.05, 3.63) is 60.8 Å². The van der Waals surface area contributed by atoms with Gasteiger partial charge >= 0.3 is 27.6 Å². The summed E-state index contributed by atoms with van der Waals surface area (Å²) >= 11 is 0. The molecule has 2 fully saturated rings. The highest BCUT2D eigenvalue weighted by atomic mass is 31.2. The average Bonchev–Trinajstić information content (AvgIpc) is 3.32. The second-order valence-corrected chi connectivity index (χ2v) is 21.2. The summed E-state index contributed by atoms with van der Waals surface area (Å²) in [5.41, 5.74) is 0. The molecule has 72 heavy (non-hydrogen) atoms. The highest BCUT2D eigenvalue weighted by molar-refractivity contribution is 7.47. The maximum atomic E-state index is 13.8. The number of phosphoric acid groups is 2. The molecule has 12 atom stereocenters. The van der Waals surface area contributed by atoms with Crippen molar-refractivity contribution in [3.63, 3.8) is 0 Å². The van der Waals surface area contributed by atoms with Crippen LogP contribution in [0, 0.1) is 11.8 Å². The number of ketones is 1. The lowest BCUT2D eigenvalue weighted by Gasteiger charge is -2.38. The molecule has 9 N–H and O–H groups in total. The molecule has 1 aliphatic carbocycles. The van der Waals surface area contributed by atoms with E-state index < -0.39 is 120 Å². The molecule has 0 aromatic heterocycles. The van der Waals surface area contributed by atoms with Gasteiger partial charge in [0.25, 0.3) is 0 Å². The number of Topliss-reactive ketones (excluding diaryl/α,β-unsaturated/α-hetero) is 1. The molecule has 19 nitrogen and oxygen atoms in total. The Morgan fingerprint density at radius 2 is 1.40 bits per heavy atom. The lowest BCUT2D eigenvalue weighted by molar-refractivity contribution is -0.165. The lowest BCUT2D eigenvalue weighted by atomic mass is 9.83. The molecule has 2 bridgehead atoms. The van der Waals surface area contributed by atoms with Crippen LogP contribution < -0.4 is 0 Å². The first-order valence-electron chi connectivity index (χ1n) is 25.9. The number of carbonyl (C=O) groups excluding carboxylic acids is 3. The van der Waals surface area contributed by atoms with Crippen LogP contribution >= 0.6 is 15.6 Å². The number of carbonyl (C=O) groups is 3. The highest BCUT2D eigenvalue weighted by Gasteiger charge is 2.51. The van der Waals surface area contributed by atoms with Gasteiger partial charge < -0.3 is 54.8 Å². The average molecular weight is 1070 g/mol. The molecule has 1 saturated heterocycles. The number of rotatable bonds is 25. The van der Waals surface area contributed by atoms with Crippen molar-refractivity contribution in [2.24, 2.45) is 11.8 Å². The molecule has 1 unspecified atom stereocenters. The van der Waals surface area contributed by atoms with Gasteiger partial charge in [-0.05, 0) is 64.2 Å². The Bertz CT molecular complexity index is 1780. The van der Waals surface area contributed by atoms with E-state index in [9.17, 15) is 68.8 Å². The minimum atomic E-state index is -5.78. The van der Waals surface area contributed by atoms with E-state index in [4.69, 9.17) is 23.0 Å². The number of phosphoric ester groups is 2. The Morgan fingerprint density at radius 3 is 2.06 bits per heavy atom. The predicted molar refractivity (Wildman–Crippen MR) is 270 cm³/mol. The van der Waals surface area contributed by atoms with Gasteiger partial charge in [-0.25, -0.2) is 9.13 Å². The van der Waals surface area contributed by atoms with Crippen LogP contribution in [0.2, 0.25) is 0 Å². The first kappa shape index (κ1) is 65.4. The van der Waals surface area contributed by atoms with Gasteiger partial charge in [0.2, 0.25) is 0 Å². The number of esters is 2. The summed E-state index contributed by atoms with van der Waals surface area (Å²) in [6.45, 7) is 2.46. The molecule has 1 saturated carbocycles. The lowest BCUT2D eigenvalue weighted by Crippen LogP contribution is -2.56. The molecule has 21 heteroatoms. The summed E-state index contributed by atoms with van der Waals surface area (Å²) in [7, 11) is -11.5. The van der Waals surface area contributed by atoms with Gasteiger partial charge in [-0.1, -0.05) is 139 Å². The topological polar surface area (TPSA) is 314 Å². The van der Waals surface area contributed by atoms with Gasteiger partial charge in [0, 0.05) is 31.1 Å². The zero-order chi connectivity index (χ0) is 53.4. The summed E-state index contributed by atoms with van der Waals surface area (Å²) < 4.78 is 52.3. The van der Waals surface area contributed by atoms with Gasteiger partial charge in [-0.3, -0.25) is 28.0 Å². The van der Waals surface area contributed by atoms with Crippen molar-refractivity contribution in [1.29, 1.82) is 0 Å². The number of hydrogen-bond acceptors (Lipinski definition) is 16. The van der Waals surface area contributed by atoms with Crippen molar-refractivity contribution in [3.8, 4) is 0 Å². The third-order valence-electron chi connectivity index (χ3n) is 12.5. The van der Waals surface area contributed by atoms with Crippen molar-refractivity contribution in [2.45, 2.75) is 216 Å².